The minimum absolute atomic E-state index is 0.216. The third kappa shape index (κ3) is 1.21. The van der Waals surface area contributed by atoms with Crippen LogP contribution >= 0.6 is 0 Å². The molecular formula is C11H16O. The first-order valence-corrected chi connectivity index (χ1v) is 4.90. The van der Waals surface area contributed by atoms with E-state index in [2.05, 4.69) is 19.1 Å². The predicted octanol–water partition coefficient (Wildman–Crippen LogP) is 2.71. The van der Waals surface area contributed by atoms with Crippen LogP contribution in [0, 0.1) is 11.3 Å². The van der Waals surface area contributed by atoms with Gasteiger partial charge in [-0.2, -0.15) is 0 Å². The van der Waals surface area contributed by atoms with Crippen molar-refractivity contribution in [1.29, 1.82) is 0 Å². The predicted molar refractivity (Wildman–Crippen MR) is 48.8 cm³/mol. The molecule has 12 heavy (non-hydrogen) atoms. The van der Waals surface area contributed by atoms with Gasteiger partial charge >= 0.3 is 0 Å². The van der Waals surface area contributed by atoms with Gasteiger partial charge in [0.2, 0.25) is 0 Å². The lowest BCUT2D eigenvalue weighted by Gasteiger charge is -2.40. The van der Waals surface area contributed by atoms with Gasteiger partial charge in [-0.1, -0.05) is 19.1 Å². The fourth-order valence-electron chi connectivity index (χ4n) is 2.64. The highest BCUT2D eigenvalue weighted by Crippen LogP contribution is 2.45. The lowest BCUT2D eigenvalue weighted by atomic mass is 9.63. The zero-order valence-electron chi connectivity index (χ0n) is 7.68. The molecule has 0 aromatic rings. The van der Waals surface area contributed by atoms with E-state index in [9.17, 15) is 4.79 Å². The minimum atomic E-state index is 0.216. The molecule has 0 aromatic carbocycles. The lowest BCUT2D eigenvalue weighted by Crippen LogP contribution is -2.34. The van der Waals surface area contributed by atoms with Crippen molar-refractivity contribution in [2.75, 3.05) is 0 Å². The SMILES string of the molecule is CC12C=CCCC1CCC(=O)C2. The third-order valence-electron chi connectivity index (χ3n) is 3.46. The van der Waals surface area contributed by atoms with Crippen LogP contribution in [0.5, 0.6) is 0 Å². The fraction of sp³-hybridized carbons (Fsp3) is 0.727. The number of ketones is 1. The van der Waals surface area contributed by atoms with Crippen molar-refractivity contribution in [2.24, 2.45) is 11.3 Å². The monoisotopic (exact) mass is 164 g/mol. The Hall–Kier alpha value is -0.590. The summed E-state index contributed by atoms with van der Waals surface area (Å²) in [5, 5.41) is 0. The van der Waals surface area contributed by atoms with Gasteiger partial charge in [0.15, 0.2) is 0 Å². The number of carbonyl (C=O) groups excluding carboxylic acids is 1. The molecule has 0 heterocycles. The summed E-state index contributed by atoms with van der Waals surface area (Å²) in [6, 6.07) is 0. The number of allylic oxidation sites excluding steroid dienone is 2. The van der Waals surface area contributed by atoms with Crippen LogP contribution in [0.3, 0.4) is 0 Å². The average Bonchev–Trinajstić information content (AvgIpc) is 2.02. The van der Waals surface area contributed by atoms with Gasteiger partial charge in [0, 0.05) is 12.8 Å². The average molecular weight is 164 g/mol. The van der Waals surface area contributed by atoms with Gasteiger partial charge in [0.05, 0.1) is 0 Å². The third-order valence-corrected chi connectivity index (χ3v) is 3.46. The molecule has 0 radical (unpaired) electrons. The Labute approximate surface area is 73.8 Å². The summed E-state index contributed by atoms with van der Waals surface area (Å²) in [5.74, 6) is 1.24. The van der Waals surface area contributed by atoms with Gasteiger partial charge in [-0.05, 0) is 30.6 Å². The Morgan fingerprint density at radius 1 is 1.50 bits per heavy atom. The summed E-state index contributed by atoms with van der Waals surface area (Å²) < 4.78 is 0. The van der Waals surface area contributed by atoms with Gasteiger partial charge in [-0.25, -0.2) is 0 Å². The molecule has 66 valence electrons. The van der Waals surface area contributed by atoms with Crippen LogP contribution in [0.2, 0.25) is 0 Å². The number of hydrogen-bond donors (Lipinski definition) is 0. The molecule has 2 aliphatic carbocycles. The van der Waals surface area contributed by atoms with E-state index in [4.69, 9.17) is 0 Å². The fourth-order valence-corrected chi connectivity index (χ4v) is 2.64. The Balaban J connectivity index is 2.22. The van der Waals surface area contributed by atoms with E-state index in [1.165, 1.54) is 12.8 Å². The van der Waals surface area contributed by atoms with Gasteiger partial charge < -0.3 is 0 Å². The van der Waals surface area contributed by atoms with Crippen LogP contribution in [-0.2, 0) is 4.79 Å². The first-order valence-electron chi connectivity index (χ1n) is 4.90. The van der Waals surface area contributed by atoms with E-state index in [1.54, 1.807) is 0 Å². The topological polar surface area (TPSA) is 17.1 Å². The summed E-state index contributed by atoms with van der Waals surface area (Å²) in [6.45, 7) is 2.24. The van der Waals surface area contributed by atoms with Crippen LogP contribution in [0.25, 0.3) is 0 Å². The van der Waals surface area contributed by atoms with Crippen molar-refractivity contribution in [3.05, 3.63) is 12.2 Å². The molecule has 2 rings (SSSR count). The van der Waals surface area contributed by atoms with E-state index < -0.39 is 0 Å². The second-order valence-corrected chi connectivity index (χ2v) is 4.44. The number of rotatable bonds is 0. The minimum Gasteiger partial charge on any atom is -0.300 e. The summed E-state index contributed by atoms with van der Waals surface area (Å²) >= 11 is 0. The Morgan fingerprint density at radius 2 is 2.33 bits per heavy atom. The maximum Gasteiger partial charge on any atom is 0.133 e. The normalized spacial score (nSPS) is 41.1. The Morgan fingerprint density at radius 3 is 3.17 bits per heavy atom. The molecule has 0 saturated heterocycles. The smallest absolute Gasteiger partial charge is 0.133 e. The number of carbonyl (C=O) groups is 1. The molecule has 2 unspecified atom stereocenters. The molecule has 0 aliphatic heterocycles. The number of Topliss-reactive ketones (excluding diaryl/α,β-unsaturated/α-hetero) is 1. The van der Waals surface area contributed by atoms with Gasteiger partial charge in [0.1, 0.15) is 5.78 Å². The first kappa shape index (κ1) is 8.03. The summed E-state index contributed by atoms with van der Waals surface area (Å²) in [5.41, 5.74) is 0.216. The van der Waals surface area contributed by atoms with Crippen LogP contribution in [0.1, 0.15) is 39.0 Å². The van der Waals surface area contributed by atoms with Crippen LogP contribution in [-0.4, -0.2) is 5.78 Å². The molecule has 0 amide bonds. The standard InChI is InChI=1S/C11H16O/c1-11-7-3-2-4-9(11)5-6-10(12)8-11/h3,7,9H,2,4-6,8H2,1H3. The van der Waals surface area contributed by atoms with Crippen LogP contribution in [0.4, 0.5) is 0 Å². The highest BCUT2D eigenvalue weighted by atomic mass is 16.1. The molecule has 1 heteroatoms. The molecular weight excluding hydrogens is 148 g/mol. The van der Waals surface area contributed by atoms with E-state index in [0.29, 0.717) is 5.78 Å². The second-order valence-electron chi connectivity index (χ2n) is 4.44. The van der Waals surface area contributed by atoms with Crippen molar-refractivity contribution >= 4 is 5.78 Å². The summed E-state index contributed by atoms with van der Waals surface area (Å²) in [4.78, 5) is 11.3. The van der Waals surface area contributed by atoms with Crippen molar-refractivity contribution in [3.8, 4) is 0 Å². The molecule has 1 fully saturated rings. The van der Waals surface area contributed by atoms with Gasteiger partial charge in [-0.15, -0.1) is 0 Å². The highest BCUT2D eigenvalue weighted by molar-refractivity contribution is 5.80. The van der Waals surface area contributed by atoms with E-state index in [-0.39, 0.29) is 5.41 Å². The zero-order chi connectivity index (χ0) is 8.60. The van der Waals surface area contributed by atoms with Crippen molar-refractivity contribution < 1.29 is 4.79 Å². The van der Waals surface area contributed by atoms with Crippen LogP contribution in [0.15, 0.2) is 12.2 Å². The quantitative estimate of drug-likeness (QED) is 0.503. The molecule has 0 N–H and O–H groups in total. The second kappa shape index (κ2) is 2.72. The van der Waals surface area contributed by atoms with E-state index in [1.807, 2.05) is 0 Å². The zero-order valence-corrected chi connectivity index (χ0v) is 7.68. The number of fused-ring (bicyclic) bond motifs is 1. The Bertz CT molecular complexity index is 229. The molecule has 2 atom stereocenters. The molecule has 1 saturated carbocycles. The first-order chi connectivity index (χ1) is 5.71. The molecule has 1 nitrogen and oxygen atoms in total. The molecule has 0 spiro atoms. The Kier molecular flexibility index (Phi) is 1.82. The maximum absolute atomic E-state index is 11.3. The summed E-state index contributed by atoms with van der Waals surface area (Å²) in [6.07, 6.45) is 9.77. The molecule has 0 aromatic heterocycles. The molecule has 2 aliphatic rings. The highest BCUT2D eigenvalue weighted by Gasteiger charge is 2.38. The summed E-state index contributed by atoms with van der Waals surface area (Å²) in [7, 11) is 0. The largest absolute Gasteiger partial charge is 0.300 e. The van der Waals surface area contributed by atoms with E-state index in [0.717, 1.165) is 25.2 Å². The van der Waals surface area contributed by atoms with Crippen LogP contribution < -0.4 is 0 Å². The van der Waals surface area contributed by atoms with E-state index >= 15 is 0 Å². The molecule has 0 bridgehead atoms. The van der Waals surface area contributed by atoms with Gasteiger partial charge in [-0.3, -0.25) is 4.79 Å². The number of hydrogen-bond acceptors (Lipinski definition) is 1. The van der Waals surface area contributed by atoms with Crippen molar-refractivity contribution in [2.45, 2.75) is 39.0 Å². The van der Waals surface area contributed by atoms with Gasteiger partial charge in [0.25, 0.3) is 0 Å². The van der Waals surface area contributed by atoms with Crippen molar-refractivity contribution in [3.63, 3.8) is 0 Å². The lowest BCUT2D eigenvalue weighted by molar-refractivity contribution is -0.124. The maximum atomic E-state index is 11.3. The van der Waals surface area contributed by atoms with Crippen molar-refractivity contribution in [1.82, 2.24) is 0 Å².